The van der Waals surface area contributed by atoms with Crippen molar-refractivity contribution in [3.8, 4) is 77.7 Å². The third-order valence-corrected chi connectivity index (χ3v) is 13.3. The summed E-state index contributed by atoms with van der Waals surface area (Å²) in [5.74, 6) is 0.711. The summed E-state index contributed by atoms with van der Waals surface area (Å²) in [6.07, 6.45) is 0. The zero-order valence-electron chi connectivity index (χ0n) is 31.4. The Morgan fingerprint density at radius 3 is 1.60 bits per heavy atom. The van der Waals surface area contributed by atoms with Crippen LogP contribution < -0.4 is 0 Å². The molecule has 0 radical (unpaired) electrons. The maximum atomic E-state index is 5.19. The van der Waals surface area contributed by atoms with Gasteiger partial charge in [0.2, 0.25) is 0 Å². The van der Waals surface area contributed by atoms with E-state index in [1.807, 2.05) is 29.5 Å². The predicted octanol–water partition coefficient (Wildman–Crippen LogP) is 14.4. The van der Waals surface area contributed by atoms with Gasteiger partial charge in [0, 0.05) is 26.3 Å². The Hall–Kier alpha value is -7.20. The lowest BCUT2D eigenvalue weighted by Gasteiger charge is -2.30. The summed E-state index contributed by atoms with van der Waals surface area (Å²) in [6.45, 7) is 0. The molecule has 0 saturated carbocycles. The van der Waals surface area contributed by atoms with Crippen LogP contribution in [0.4, 0.5) is 0 Å². The molecule has 0 aliphatic heterocycles. The molecular formula is C55H34N2S. The van der Waals surface area contributed by atoms with Gasteiger partial charge in [0.1, 0.15) is 0 Å². The fourth-order valence-corrected chi connectivity index (χ4v) is 10.8. The molecule has 58 heavy (non-hydrogen) atoms. The third kappa shape index (κ3) is 4.90. The summed E-state index contributed by atoms with van der Waals surface area (Å²) < 4.78 is 1.33. The molecule has 2 aliphatic rings. The van der Waals surface area contributed by atoms with Crippen LogP contribution in [-0.2, 0) is 5.41 Å². The second-order valence-corrected chi connectivity index (χ2v) is 16.3. The third-order valence-electron chi connectivity index (χ3n) is 12.1. The van der Waals surface area contributed by atoms with Gasteiger partial charge in [0.15, 0.2) is 5.82 Å². The smallest absolute Gasteiger partial charge is 0.160 e. The standard InChI is InChI=1S/C55H34N2S/c1-3-14-35(15-4-1)36-26-28-37(29-27-36)49-34-50(57-54(56-49)38-16-5-2-6-17-38)41-19-13-18-39(32-41)40-30-31-48-45(33-40)53-52(44-22-9-12-25-51(44)58-53)55(48)46-23-10-7-20-42(46)43-21-8-11-24-47(43)55/h1-34H. The van der Waals surface area contributed by atoms with E-state index in [2.05, 4.69) is 188 Å². The Labute approximate surface area is 341 Å². The average Bonchev–Trinajstić information content (AvgIpc) is 3.93. The van der Waals surface area contributed by atoms with Crippen molar-refractivity contribution in [2.45, 2.75) is 5.41 Å². The van der Waals surface area contributed by atoms with Crippen LogP contribution in [0.1, 0.15) is 22.3 Å². The first-order valence-electron chi connectivity index (χ1n) is 19.8. The highest BCUT2D eigenvalue weighted by molar-refractivity contribution is 7.22. The molecule has 2 heterocycles. The number of nitrogens with zero attached hydrogens (tertiary/aromatic N) is 2. The van der Waals surface area contributed by atoms with E-state index in [1.54, 1.807) is 0 Å². The van der Waals surface area contributed by atoms with E-state index in [0.29, 0.717) is 5.82 Å². The first-order valence-corrected chi connectivity index (χ1v) is 20.6. The molecule has 0 unspecified atom stereocenters. The summed E-state index contributed by atoms with van der Waals surface area (Å²) in [7, 11) is 0. The van der Waals surface area contributed by atoms with Gasteiger partial charge in [-0.05, 0) is 90.8 Å². The highest BCUT2D eigenvalue weighted by Crippen LogP contribution is 2.66. The molecule has 0 atom stereocenters. The van der Waals surface area contributed by atoms with Crippen molar-refractivity contribution in [2.24, 2.45) is 0 Å². The van der Waals surface area contributed by atoms with Crippen LogP contribution >= 0.6 is 11.3 Å². The zero-order chi connectivity index (χ0) is 38.2. The Morgan fingerprint density at radius 2 is 0.862 bits per heavy atom. The quantitative estimate of drug-likeness (QED) is 0.175. The van der Waals surface area contributed by atoms with Crippen LogP contribution in [0, 0.1) is 0 Å². The minimum absolute atomic E-state index is 0.373. The van der Waals surface area contributed by atoms with Gasteiger partial charge in [0.05, 0.1) is 16.8 Å². The molecule has 2 aliphatic carbocycles. The molecule has 2 aromatic heterocycles. The molecule has 0 amide bonds. The Kier molecular flexibility index (Phi) is 7.35. The minimum Gasteiger partial charge on any atom is -0.228 e. The number of benzene rings is 8. The van der Waals surface area contributed by atoms with Gasteiger partial charge < -0.3 is 0 Å². The number of rotatable bonds is 5. The van der Waals surface area contributed by atoms with E-state index < -0.39 is 0 Å². The van der Waals surface area contributed by atoms with Gasteiger partial charge >= 0.3 is 0 Å². The average molecular weight is 755 g/mol. The second kappa shape index (κ2) is 12.9. The van der Waals surface area contributed by atoms with E-state index >= 15 is 0 Å². The van der Waals surface area contributed by atoms with E-state index in [1.165, 1.54) is 70.6 Å². The summed E-state index contributed by atoms with van der Waals surface area (Å²) in [6, 6.07) is 74.7. The lowest BCUT2D eigenvalue weighted by molar-refractivity contribution is 0.803. The van der Waals surface area contributed by atoms with Crippen LogP contribution in [0.15, 0.2) is 206 Å². The fourth-order valence-electron chi connectivity index (χ4n) is 9.56. The molecule has 0 saturated heterocycles. The Bertz CT molecular complexity index is 3170. The normalized spacial score (nSPS) is 13.0. The fraction of sp³-hybridized carbons (Fsp3) is 0.0182. The Balaban J connectivity index is 1.00. The molecule has 1 spiro atoms. The van der Waals surface area contributed by atoms with Crippen LogP contribution in [0.3, 0.4) is 0 Å². The number of hydrogen-bond donors (Lipinski definition) is 0. The first kappa shape index (κ1) is 33.0. The summed E-state index contributed by atoms with van der Waals surface area (Å²) >= 11 is 1.92. The predicted molar refractivity (Wildman–Crippen MR) is 241 cm³/mol. The van der Waals surface area contributed by atoms with Crippen LogP contribution in [0.25, 0.3) is 87.8 Å². The lowest BCUT2D eigenvalue weighted by Crippen LogP contribution is -2.25. The van der Waals surface area contributed by atoms with Gasteiger partial charge in [-0.25, -0.2) is 9.97 Å². The highest BCUT2D eigenvalue weighted by Gasteiger charge is 2.53. The van der Waals surface area contributed by atoms with Crippen LogP contribution in [0.5, 0.6) is 0 Å². The molecule has 0 fully saturated rings. The number of fused-ring (bicyclic) bond motifs is 12. The van der Waals surface area contributed by atoms with Crippen molar-refractivity contribution in [1.82, 2.24) is 9.97 Å². The van der Waals surface area contributed by atoms with Crippen LogP contribution in [-0.4, -0.2) is 9.97 Å². The van der Waals surface area contributed by atoms with Crippen molar-refractivity contribution < 1.29 is 0 Å². The first-order chi connectivity index (χ1) is 28.7. The summed E-state index contributed by atoms with van der Waals surface area (Å²) in [5.41, 5.74) is 18.7. The summed E-state index contributed by atoms with van der Waals surface area (Å²) in [5, 5.41) is 1.34. The van der Waals surface area contributed by atoms with Crippen molar-refractivity contribution in [2.75, 3.05) is 0 Å². The molecule has 0 N–H and O–H groups in total. The van der Waals surface area contributed by atoms with Gasteiger partial charge in [-0.15, -0.1) is 11.3 Å². The van der Waals surface area contributed by atoms with E-state index in [9.17, 15) is 0 Å². The Morgan fingerprint density at radius 1 is 0.345 bits per heavy atom. The van der Waals surface area contributed by atoms with Crippen molar-refractivity contribution in [3.63, 3.8) is 0 Å². The molecular weight excluding hydrogens is 721 g/mol. The molecule has 2 nitrogen and oxygen atoms in total. The zero-order valence-corrected chi connectivity index (χ0v) is 32.2. The minimum atomic E-state index is -0.373. The van der Waals surface area contributed by atoms with Crippen molar-refractivity contribution in [3.05, 3.63) is 229 Å². The molecule has 3 heteroatoms. The van der Waals surface area contributed by atoms with E-state index in [4.69, 9.17) is 9.97 Å². The molecule has 0 bridgehead atoms. The SMILES string of the molecule is c1ccc(-c2ccc(-c3cc(-c4cccc(-c5ccc6c(c5)-c5sc7ccccc7c5C65c6ccccc6-c6ccccc65)c4)nc(-c4ccccc4)n3)cc2)cc1. The molecule has 12 rings (SSSR count). The monoisotopic (exact) mass is 754 g/mol. The topological polar surface area (TPSA) is 25.8 Å². The van der Waals surface area contributed by atoms with Crippen LogP contribution in [0.2, 0.25) is 0 Å². The van der Waals surface area contributed by atoms with E-state index in [-0.39, 0.29) is 5.41 Å². The van der Waals surface area contributed by atoms with Gasteiger partial charge in [-0.3, -0.25) is 0 Å². The van der Waals surface area contributed by atoms with Gasteiger partial charge in [0.25, 0.3) is 0 Å². The maximum Gasteiger partial charge on any atom is 0.160 e. The lowest BCUT2D eigenvalue weighted by atomic mass is 9.70. The molecule has 10 aromatic rings. The number of hydrogen-bond acceptors (Lipinski definition) is 3. The second-order valence-electron chi connectivity index (χ2n) is 15.3. The number of aromatic nitrogens is 2. The van der Waals surface area contributed by atoms with Crippen molar-refractivity contribution in [1.29, 1.82) is 0 Å². The van der Waals surface area contributed by atoms with Crippen molar-refractivity contribution >= 4 is 21.4 Å². The van der Waals surface area contributed by atoms with Gasteiger partial charge in [-0.1, -0.05) is 182 Å². The number of thiophene rings is 1. The molecule has 270 valence electrons. The molecule has 8 aromatic carbocycles. The summed E-state index contributed by atoms with van der Waals surface area (Å²) in [4.78, 5) is 11.7. The highest BCUT2D eigenvalue weighted by atomic mass is 32.1. The largest absolute Gasteiger partial charge is 0.228 e. The maximum absolute atomic E-state index is 5.19. The van der Waals surface area contributed by atoms with E-state index in [0.717, 1.165) is 33.6 Å². The van der Waals surface area contributed by atoms with Gasteiger partial charge in [-0.2, -0.15) is 0 Å².